The molecule has 2 atom stereocenters. The molecule has 57 heavy (non-hydrogen) atoms. The minimum Gasteiger partial charge on any atom is -0.477 e. The molecule has 8 nitrogen and oxygen atoms in total. The van der Waals surface area contributed by atoms with Crippen molar-refractivity contribution < 1.29 is 38.2 Å². The van der Waals surface area contributed by atoms with Crippen LogP contribution in [-0.4, -0.2) is 80.6 Å². The lowest BCUT2D eigenvalue weighted by atomic mass is 10.1. The predicted octanol–water partition coefficient (Wildman–Crippen LogP) is 13.3. The molecular formula is C49H92NO7+. The van der Waals surface area contributed by atoms with Crippen molar-refractivity contribution in [3.8, 4) is 0 Å². The number of ether oxygens (including phenoxy) is 3. The molecule has 0 amide bonds. The zero-order valence-electron chi connectivity index (χ0n) is 38.1. The highest BCUT2D eigenvalue weighted by atomic mass is 16.6. The van der Waals surface area contributed by atoms with Crippen molar-refractivity contribution >= 4 is 17.9 Å². The number of unbranched alkanes of at least 4 members (excludes halogenated alkanes) is 25. The molecule has 0 radical (unpaired) electrons. The van der Waals surface area contributed by atoms with Gasteiger partial charge >= 0.3 is 17.9 Å². The standard InChI is InChI=1S/C49H91NO7/c1-6-8-10-12-14-16-18-20-22-23-24-25-26-28-29-31-33-35-37-39-47(51)56-44-45(43-55-42-41-46(49(53)54)50(3,4)5)57-48(52)40-38-36-34-32-30-27-21-19-17-15-13-11-9-7-2/h23-24,27,30,45-46H,6-22,25-26,28-29,31-44H2,1-5H3/p+1/b24-23+,30-27+. The molecule has 334 valence electrons. The van der Waals surface area contributed by atoms with Gasteiger partial charge in [0, 0.05) is 19.3 Å². The molecule has 0 saturated carbocycles. The number of carboxylic acid groups (broad SMARTS) is 1. The second-order valence-electron chi connectivity index (χ2n) is 17.4. The molecule has 0 aromatic rings. The van der Waals surface area contributed by atoms with Crippen molar-refractivity contribution in [2.45, 2.75) is 231 Å². The Kier molecular flexibility index (Phi) is 39.0. The third-order valence-corrected chi connectivity index (χ3v) is 10.8. The van der Waals surface area contributed by atoms with E-state index in [1.54, 1.807) is 0 Å². The van der Waals surface area contributed by atoms with Crippen molar-refractivity contribution in [2.75, 3.05) is 41.0 Å². The lowest BCUT2D eigenvalue weighted by Gasteiger charge is -2.31. The van der Waals surface area contributed by atoms with Gasteiger partial charge in [0.05, 0.1) is 34.4 Å². The maximum absolute atomic E-state index is 12.7. The van der Waals surface area contributed by atoms with E-state index < -0.39 is 18.1 Å². The zero-order chi connectivity index (χ0) is 42.1. The Labute approximate surface area is 351 Å². The number of allylic oxidation sites excluding steroid dienone is 4. The van der Waals surface area contributed by atoms with E-state index in [2.05, 4.69) is 38.2 Å². The molecule has 0 aliphatic rings. The van der Waals surface area contributed by atoms with Crippen molar-refractivity contribution in [1.29, 1.82) is 0 Å². The summed E-state index contributed by atoms with van der Waals surface area (Å²) in [5, 5.41) is 9.63. The number of rotatable bonds is 43. The van der Waals surface area contributed by atoms with Crippen molar-refractivity contribution in [3.63, 3.8) is 0 Å². The minimum absolute atomic E-state index is 0.0562. The van der Waals surface area contributed by atoms with E-state index >= 15 is 0 Å². The Morgan fingerprint density at radius 2 is 0.877 bits per heavy atom. The smallest absolute Gasteiger partial charge is 0.362 e. The van der Waals surface area contributed by atoms with Crippen LogP contribution in [0.2, 0.25) is 0 Å². The first kappa shape index (κ1) is 54.8. The van der Waals surface area contributed by atoms with Gasteiger partial charge in [0.15, 0.2) is 12.1 Å². The van der Waals surface area contributed by atoms with Gasteiger partial charge in [0.1, 0.15) is 6.61 Å². The molecule has 0 bridgehead atoms. The van der Waals surface area contributed by atoms with Crippen molar-refractivity contribution in [3.05, 3.63) is 24.3 Å². The number of carbonyl (C=O) groups is 3. The largest absolute Gasteiger partial charge is 0.477 e. The Bertz CT molecular complexity index is 989. The van der Waals surface area contributed by atoms with Gasteiger partial charge in [-0.1, -0.05) is 160 Å². The molecule has 0 rings (SSSR count). The van der Waals surface area contributed by atoms with Gasteiger partial charge < -0.3 is 23.8 Å². The van der Waals surface area contributed by atoms with Gasteiger partial charge in [-0.05, 0) is 64.2 Å². The Morgan fingerprint density at radius 1 is 0.509 bits per heavy atom. The van der Waals surface area contributed by atoms with E-state index in [0.29, 0.717) is 19.3 Å². The number of carboxylic acids is 1. The van der Waals surface area contributed by atoms with Gasteiger partial charge in [-0.2, -0.15) is 0 Å². The number of aliphatic carboxylic acids is 1. The van der Waals surface area contributed by atoms with E-state index in [1.165, 1.54) is 135 Å². The summed E-state index contributed by atoms with van der Waals surface area (Å²) in [5.41, 5.74) is 0. The van der Waals surface area contributed by atoms with Crippen LogP contribution >= 0.6 is 0 Å². The lowest BCUT2D eigenvalue weighted by molar-refractivity contribution is -0.887. The summed E-state index contributed by atoms with van der Waals surface area (Å²) in [6.45, 7) is 4.73. The summed E-state index contributed by atoms with van der Waals surface area (Å²) in [5.74, 6) is -1.48. The Morgan fingerprint density at radius 3 is 1.28 bits per heavy atom. The predicted molar refractivity (Wildman–Crippen MR) is 238 cm³/mol. The molecule has 8 heteroatoms. The van der Waals surface area contributed by atoms with Crippen LogP contribution in [0.5, 0.6) is 0 Å². The van der Waals surface area contributed by atoms with Crippen LogP contribution in [0.3, 0.4) is 0 Å². The van der Waals surface area contributed by atoms with Gasteiger partial charge in [-0.25, -0.2) is 4.79 Å². The first-order chi connectivity index (χ1) is 27.6. The summed E-state index contributed by atoms with van der Waals surface area (Å²) in [6, 6.07) is -0.615. The van der Waals surface area contributed by atoms with E-state index in [4.69, 9.17) is 14.2 Å². The third-order valence-electron chi connectivity index (χ3n) is 10.8. The number of likely N-dealkylation sites (N-methyl/N-ethyl adjacent to an activating group) is 1. The summed E-state index contributed by atoms with van der Waals surface area (Å²) in [6.07, 6.45) is 45.1. The second-order valence-corrected chi connectivity index (χ2v) is 17.4. The van der Waals surface area contributed by atoms with Crippen LogP contribution in [0.25, 0.3) is 0 Å². The van der Waals surface area contributed by atoms with Crippen LogP contribution in [0.4, 0.5) is 0 Å². The highest BCUT2D eigenvalue weighted by molar-refractivity contribution is 5.72. The number of carbonyl (C=O) groups excluding carboxylic acids is 2. The van der Waals surface area contributed by atoms with E-state index in [1.807, 2.05) is 21.1 Å². The molecule has 0 spiro atoms. The summed E-state index contributed by atoms with van der Waals surface area (Å²) >= 11 is 0. The maximum Gasteiger partial charge on any atom is 0.362 e. The Hall–Kier alpha value is -2.19. The number of esters is 2. The highest BCUT2D eigenvalue weighted by Crippen LogP contribution is 2.14. The Balaban J connectivity index is 4.28. The monoisotopic (exact) mass is 807 g/mol. The fourth-order valence-electron chi connectivity index (χ4n) is 7.08. The maximum atomic E-state index is 12.7. The molecule has 1 N–H and O–H groups in total. The molecule has 2 unspecified atom stereocenters. The summed E-state index contributed by atoms with van der Waals surface area (Å²) in [7, 11) is 5.53. The summed E-state index contributed by atoms with van der Waals surface area (Å²) < 4.78 is 17.3. The first-order valence-electron chi connectivity index (χ1n) is 23.9. The molecule has 0 saturated heterocycles. The van der Waals surface area contributed by atoms with Crippen molar-refractivity contribution in [1.82, 2.24) is 0 Å². The van der Waals surface area contributed by atoms with E-state index in [9.17, 15) is 19.5 Å². The lowest BCUT2D eigenvalue weighted by Crippen LogP contribution is -2.50. The minimum atomic E-state index is -0.876. The normalized spacial score (nSPS) is 13.1. The topological polar surface area (TPSA) is 99.1 Å². The zero-order valence-corrected chi connectivity index (χ0v) is 38.1. The average molecular weight is 807 g/mol. The van der Waals surface area contributed by atoms with E-state index in [-0.39, 0.29) is 36.2 Å². The number of hydrogen-bond acceptors (Lipinski definition) is 6. The van der Waals surface area contributed by atoms with Crippen LogP contribution in [-0.2, 0) is 28.6 Å². The van der Waals surface area contributed by atoms with Gasteiger partial charge in [0.25, 0.3) is 0 Å². The van der Waals surface area contributed by atoms with Crippen LogP contribution < -0.4 is 0 Å². The molecule has 0 fully saturated rings. The molecular weight excluding hydrogens is 715 g/mol. The van der Waals surface area contributed by atoms with Crippen LogP contribution in [0.1, 0.15) is 219 Å². The molecule has 0 aliphatic carbocycles. The number of hydrogen-bond donors (Lipinski definition) is 1. The van der Waals surface area contributed by atoms with Gasteiger partial charge in [0.2, 0.25) is 0 Å². The highest BCUT2D eigenvalue weighted by Gasteiger charge is 2.31. The molecule has 0 heterocycles. The molecule has 0 aromatic heterocycles. The summed E-state index contributed by atoms with van der Waals surface area (Å²) in [4.78, 5) is 37.0. The first-order valence-corrected chi connectivity index (χ1v) is 23.9. The second kappa shape index (κ2) is 40.6. The SMILES string of the molecule is CCCCCCCCC/C=C/CCCCCC(=O)OC(COCCC(C(=O)O)[N+](C)(C)C)COC(=O)CCCCCCCCC/C=C/CCCCCCCCCC. The third kappa shape index (κ3) is 39.1. The average Bonchev–Trinajstić information content (AvgIpc) is 3.17. The van der Waals surface area contributed by atoms with Gasteiger partial charge in [-0.15, -0.1) is 0 Å². The molecule has 0 aromatic carbocycles. The van der Waals surface area contributed by atoms with Crippen LogP contribution in [0.15, 0.2) is 24.3 Å². The van der Waals surface area contributed by atoms with Crippen molar-refractivity contribution in [2.24, 2.45) is 0 Å². The number of nitrogens with zero attached hydrogens (tertiary/aromatic N) is 1. The molecule has 0 aliphatic heterocycles. The van der Waals surface area contributed by atoms with Crippen LogP contribution in [0, 0.1) is 0 Å². The quantitative estimate of drug-likeness (QED) is 0.0283. The number of quaternary nitrogens is 1. The fraction of sp³-hybridized carbons (Fsp3) is 0.857. The van der Waals surface area contributed by atoms with E-state index in [0.717, 1.165) is 51.4 Å². The fourth-order valence-corrected chi connectivity index (χ4v) is 7.08. The van der Waals surface area contributed by atoms with Gasteiger partial charge in [-0.3, -0.25) is 9.59 Å².